The molecule has 4 heterocycles. The van der Waals surface area contributed by atoms with Crippen molar-refractivity contribution in [3.63, 3.8) is 0 Å². The van der Waals surface area contributed by atoms with Crippen LogP contribution in [-0.4, -0.2) is 77.8 Å². The molecular weight excluding hydrogens is 584 g/mol. The van der Waals surface area contributed by atoms with E-state index in [9.17, 15) is 14.9 Å². The monoisotopic (exact) mass is 622 g/mol. The molecule has 238 valence electrons. The minimum Gasteiger partial charge on any atom is -0.368 e. The van der Waals surface area contributed by atoms with E-state index in [4.69, 9.17) is 9.97 Å². The van der Waals surface area contributed by atoms with E-state index in [2.05, 4.69) is 53.2 Å². The third-order valence-corrected chi connectivity index (χ3v) is 8.22. The van der Waals surface area contributed by atoms with Gasteiger partial charge in [0.15, 0.2) is 17.0 Å². The summed E-state index contributed by atoms with van der Waals surface area (Å²) >= 11 is 0. The molecule has 2 aromatic carbocycles. The predicted octanol–water partition coefficient (Wildman–Crippen LogP) is 4.43. The fourth-order valence-electron chi connectivity index (χ4n) is 5.51. The second-order valence-corrected chi connectivity index (χ2v) is 12.6. The van der Waals surface area contributed by atoms with Crippen LogP contribution in [0.1, 0.15) is 48.1 Å². The van der Waals surface area contributed by atoms with Crippen molar-refractivity contribution in [1.82, 2.24) is 34.2 Å². The first kappa shape index (κ1) is 30.7. The van der Waals surface area contributed by atoms with Crippen LogP contribution in [0.3, 0.4) is 0 Å². The van der Waals surface area contributed by atoms with Gasteiger partial charge in [0.25, 0.3) is 11.6 Å². The normalized spacial score (nSPS) is 13.7. The summed E-state index contributed by atoms with van der Waals surface area (Å²) < 4.78 is 3.60. The number of carbonyl (C=O) groups excluding carboxylic acids is 1. The van der Waals surface area contributed by atoms with E-state index in [0.29, 0.717) is 67.9 Å². The first-order valence-corrected chi connectivity index (χ1v) is 15.4. The number of hydrogen-bond acceptors (Lipinski definition) is 9. The molecule has 1 saturated heterocycles. The van der Waals surface area contributed by atoms with Crippen molar-refractivity contribution < 1.29 is 9.72 Å². The van der Waals surface area contributed by atoms with Crippen molar-refractivity contribution in [1.29, 1.82) is 0 Å². The number of rotatable bonds is 9. The minimum absolute atomic E-state index is 0.0361. The maximum Gasteiger partial charge on any atom is 0.272 e. The molecular formula is C33H38N10O3. The SMILES string of the molecule is Cn1nc(C(C)(C)C)cc1C(=O)N1CCN(c2nc(NCCc3ccccc3)c3ncn(Cc4ccc([N+](=O)[O-])cc4)c3n2)CC1. The average Bonchev–Trinajstić information content (AvgIpc) is 3.65. The van der Waals surface area contributed by atoms with Crippen LogP contribution in [0.4, 0.5) is 17.5 Å². The fraction of sp³-hybridized carbons (Fsp3) is 0.364. The van der Waals surface area contributed by atoms with E-state index in [1.54, 1.807) is 23.1 Å². The van der Waals surface area contributed by atoms with E-state index in [1.165, 1.54) is 17.7 Å². The number of fused-ring (bicyclic) bond motifs is 1. The van der Waals surface area contributed by atoms with Crippen LogP contribution in [0.25, 0.3) is 11.2 Å². The Bertz CT molecular complexity index is 1850. The molecule has 0 saturated carbocycles. The highest BCUT2D eigenvalue weighted by Crippen LogP contribution is 2.26. The fourth-order valence-corrected chi connectivity index (χ4v) is 5.51. The van der Waals surface area contributed by atoms with Crippen molar-refractivity contribution in [2.45, 2.75) is 39.2 Å². The van der Waals surface area contributed by atoms with E-state index in [1.807, 2.05) is 40.8 Å². The number of hydrogen-bond donors (Lipinski definition) is 1. The quantitative estimate of drug-likeness (QED) is 0.187. The molecule has 13 nitrogen and oxygen atoms in total. The third kappa shape index (κ3) is 6.53. The highest BCUT2D eigenvalue weighted by Gasteiger charge is 2.28. The van der Waals surface area contributed by atoms with Gasteiger partial charge in [-0.25, -0.2) is 4.98 Å². The minimum atomic E-state index is -0.406. The highest BCUT2D eigenvalue weighted by molar-refractivity contribution is 5.93. The molecule has 5 aromatic rings. The summed E-state index contributed by atoms with van der Waals surface area (Å²) in [5, 5.41) is 19.2. The van der Waals surface area contributed by atoms with Gasteiger partial charge in [-0.15, -0.1) is 0 Å². The van der Waals surface area contributed by atoms with Gasteiger partial charge < -0.3 is 19.7 Å². The lowest BCUT2D eigenvalue weighted by atomic mass is 9.92. The van der Waals surface area contributed by atoms with Gasteiger partial charge in [0.1, 0.15) is 5.69 Å². The predicted molar refractivity (Wildman–Crippen MR) is 176 cm³/mol. The van der Waals surface area contributed by atoms with E-state index >= 15 is 0 Å². The maximum absolute atomic E-state index is 13.5. The number of anilines is 2. The number of nitro groups is 1. The van der Waals surface area contributed by atoms with Gasteiger partial charge in [-0.3, -0.25) is 19.6 Å². The van der Waals surface area contributed by atoms with Crippen molar-refractivity contribution in [2.75, 3.05) is 42.9 Å². The zero-order valence-corrected chi connectivity index (χ0v) is 26.6. The maximum atomic E-state index is 13.5. The molecule has 0 unspecified atom stereocenters. The van der Waals surface area contributed by atoms with Crippen molar-refractivity contribution in [3.8, 4) is 0 Å². The van der Waals surface area contributed by atoms with E-state index < -0.39 is 4.92 Å². The zero-order valence-electron chi connectivity index (χ0n) is 26.6. The third-order valence-electron chi connectivity index (χ3n) is 8.22. The standard InChI is InChI=1S/C33H38N10O3/c1-33(2,3)27-20-26(39(4)38-27)31(44)40-16-18-41(19-17-40)32-36-29(34-15-14-23-8-6-5-7-9-23)28-30(37-32)42(22-35-28)21-24-10-12-25(13-11-24)43(45)46/h5-13,20,22H,14-19,21H2,1-4H3,(H,34,36,37). The van der Waals surface area contributed by atoms with E-state index in [-0.39, 0.29) is 17.0 Å². The number of imidazole rings is 1. The van der Waals surface area contributed by atoms with Gasteiger partial charge in [0.2, 0.25) is 5.95 Å². The smallest absolute Gasteiger partial charge is 0.272 e. The molecule has 1 aliphatic rings. The van der Waals surface area contributed by atoms with Crippen LogP contribution in [0.2, 0.25) is 0 Å². The number of aromatic nitrogens is 6. The van der Waals surface area contributed by atoms with Crippen LogP contribution in [0.5, 0.6) is 0 Å². The van der Waals surface area contributed by atoms with Gasteiger partial charge in [0, 0.05) is 57.3 Å². The van der Waals surface area contributed by atoms with Crippen LogP contribution >= 0.6 is 0 Å². The van der Waals surface area contributed by atoms with Gasteiger partial charge in [-0.1, -0.05) is 63.2 Å². The number of amides is 1. The summed E-state index contributed by atoms with van der Waals surface area (Å²) in [7, 11) is 1.81. The van der Waals surface area contributed by atoms with Crippen LogP contribution in [0, 0.1) is 10.1 Å². The second kappa shape index (κ2) is 12.6. The molecule has 1 fully saturated rings. The Morgan fingerprint density at radius 2 is 1.70 bits per heavy atom. The molecule has 0 aliphatic carbocycles. The lowest BCUT2D eigenvalue weighted by Gasteiger charge is -2.34. The number of nitro benzene ring substituents is 1. The number of nitrogens with one attached hydrogen (secondary N) is 1. The van der Waals surface area contributed by atoms with Gasteiger partial charge in [0.05, 0.1) is 23.5 Å². The Labute approximate surface area is 267 Å². The molecule has 13 heteroatoms. The number of aryl methyl sites for hydroxylation is 1. The van der Waals surface area contributed by atoms with Crippen molar-refractivity contribution >= 4 is 34.5 Å². The molecule has 6 rings (SSSR count). The number of carbonyl (C=O) groups is 1. The van der Waals surface area contributed by atoms with E-state index in [0.717, 1.165) is 17.7 Å². The lowest BCUT2D eigenvalue weighted by molar-refractivity contribution is -0.384. The number of non-ortho nitro benzene ring substituents is 1. The average molecular weight is 623 g/mol. The summed E-state index contributed by atoms with van der Waals surface area (Å²) in [6.45, 7) is 9.55. The molecule has 0 spiro atoms. The first-order chi connectivity index (χ1) is 22.1. The number of benzene rings is 2. The Balaban J connectivity index is 1.23. The van der Waals surface area contributed by atoms with Gasteiger partial charge in [-0.05, 0) is 23.6 Å². The molecule has 0 bridgehead atoms. The molecule has 3 aromatic heterocycles. The Morgan fingerprint density at radius 1 is 0.978 bits per heavy atom. The van der Waals surface area contributed by atoms with Crippen LogP contribution < -0.4 is 10.2 Å². The Morgan fingerprint density at radius 3 is 2.35 bits per heavy atom. The van der Waals surface area contributed by atoms with Crippen LogP contribution in [0.15, 0.2) is 67.0 Å². The van der Waals surface area contributed by atoms with Crippen molar-refractivity contribution in [3.05, 3.63) is 99.6 Å². The number of piperazine rings is 1. The van der Waals surface area contributed by atoms with Crippen molar-refractivity contribution in [2.24, 2.45) is 7.05 Å². The highest BCUT2D eigenvalue weighted by atomic mass is 16.6. The van der Waals surface area contributed by atoms with Crippen LogP contribution in [-0.2, 0) is 25.4 Å². The van der Waals surface area contributed by atoms with Gasteiger partial charge >= 0.3 is 0 Å². The summed E-state index contributed by atoms with van der Waals surface area (Å²) in [6, 6.07) is 18.6. The molecule has 1 N–H and O–H groups in total. The molecule has 0 atom stereocenters. The lowest BCUT2D eigenvalue weighted by Crippen LogP contribution is -2.49. The summed E-state index contributed by atoms with van der Waals surface area (Å²) in [5.41, 5.74) is 4.78. The molecule has 0 radical (unpaired) electrons. The largest absolute Gasteiger partial charge is 0.368 e. The zero-order chi connectivity index (χ0) is 32.4. The summed E-state index contributed by atoms with van der Waals surface area (Å²) in [5.74, 6) is 1.16. The summed E-state index contributed by atoms with van der Waals surface area (Å²) in [4.78, 5) is 42.7. The second-order valence-electron chi connectivity index (χ2n) is 12.6. The van der Waals surface area contributed by atoms with Gasteiger partial charge in [-0.2, -0.15) is 15.1 Å². The first-order valence-electron chi connectivity index (χ1n) is 15.4. The molecule has 1 aliphatic heterocycles. The number of nitrogens with zero attached hydrogens (tertiary/aromatic N) is 9. The summed E-state index contributed by atoms with van der Waals surface area (Å²) in [6.07, 6.45) is 2.54. The topological polar surface area (TPSA) is 140 Å². The Hall–Kier alpha value is -5.33. The molecule has 1 amide bonds. The Kier molecular flexibility index (Phi) is 8.39. The molecule has 46 heavy (non-hydrogen) atoms.